The van der Waals surface area contributed by atoms with Gasteiger partial charge >= 0.3 is 0 Å². The molecule has 1 fully saturated rings. The Morgan fingerprint density at radius 2 is 2.43 bits per heavy atom. The van der Waals surface area contributed by atoms with E-state index in [1.54, 1.807) is 0 Å². The molecule has 2 nitrogen and oxygen atoms in total. The molecule has 2 unspecified atom stereocenters. The quantitative estimate of drug-likeness (QED) is 0.425. The molecule has 1 aliphatic rings. The molecule has 0 aromatic carbocycles. The molecule has 0 spiro atoms. The number of nitrogens with one attached hydrogen (secondary N) is 1. The maximum atomic E-state index is 5.57. The summed E-state index contributed by atoms with van der Waals surface area (Å²) in [5.74, 6) is 12.9. The third-order valence-electron chi connectivity index (χ3n) is 2.63. The number of hydrogen-bond acceptors (Lipinski definition) is 3. The Morgan fingerprint density at radius 1 is 1.57 bits per heavy atom. The van der Waals surface area contributed by atoms with Crippen molar-refractivity contribution in [3.05, 3.63) is 0 Å². The highest BCUT2D eigenvalue weighted by Crippen LogP contribution is 2.28. The molecule has 1 saturated heterocycles. The molecule has 0 aromatic rings. The minimum absolute atomic E-state index is 0.446. The number of nitrogens with two attached hydrogens (primary N) is 1. The van der Waals surface area contributed by atoms with Crippen molar-refractivity contribution in [3.8, 4) is 11.8 Å². The Morgan fingerprint density at radius 3 is 3.00 bits per heavy atom. The molecule has 3 N–H and O–H groups in total. The van der Waals surface area contributed by atoms with Gasteiger partial charge in [0.15, 0.2) is 0 Å². The molecule has 1 aliphatic heterocycles. The fourth-order valence-corrected chi connectivity index (χ4v) is 3.27. The van der Waals surface area contributed by atoms with E-state index in [4.69, 9.17) is 5.84 Å². The van der Waals surface area contributed by atoms with Gasteiger partial charge in [0.2, 0.25) is 0 Å². The average molecular weight is 212 g/mol. The van der Waals surface area contributed by atoms with E-state index in [1.165, 1.54) is 25.0 Å². The van der Waals surface area contributed by atoms with Gasteiger partial charge in [-0.1, -0.05) is 6.42 Å². The van der Waals surface area contributed by atoms with E-state index in [0.717, 1.165) is 12.8 Å². The molecular formula is C11H20N2S. The van der Waals surface area contributed by atoms with E-state index < -0.39 is 0 Å². The summed E-state index contributed by atoms with van der Waals surface area (Å²) in [5, 5.41) is 0.701. The molecule has 0 saturated carbocycles. The lowest BCUT2D eigenvalue weighted by Crippen LogP contribution is -2.43. The molecule has 1 rings (SSSR count). The van der Waals surface area contributed by atoms with Crippen molar-refractivity contribution < 1.29 is 0 Å². The van der Waals surface area contributed by atoms with E-state index in [1.807, 2.05) is 6.92 Å². The summed E-state index contributed by atoms with van der Waals surface area (Å²) in [5.41, 5.74) is 2.94. The molecule has 0 aliphatic carbocycles. The van der Waals surface area contributed by atoms with Gasteiger partial charge in [0.1, 0.15) is 0 Å². The van der Waals surface area contributed by atoms with E-state index in [9.17, 15) is 0 Å². The number of hydrazine groups is 1. The molecule has 80 valence electrons. The van der Waals surface area contributed by atoms with Crippen LogP contribution in [0.3, 0.4) is 0 Å². The lowest BCUT2D eigenvalue weighted by atomic mass is 10.0. The third-order valence-corrected chi connectivity index (χ3v) is 4.15. The molecule has 3 heteroatoms. The molecule has 14 heavy (non-hydrogen) atoms. The van der Waals surface area contributed by atoms with Crippen LogP contribution in [-0.4, -0.2) is 17.0 Å². The van der Waals surface area contributed by atoms with Crippen LogP contribution in [0.4, 0.5) is 0 Å². The lowest BCUT2D eigenvalue weighted by Gasteiger charge is -2.28. The monoisotopic (exact) mass is 212 g/mol. The number of rotatable bonds is 4. The van der Waals surface area contributed by atoms with Crippen molar-refractivity contribution in [2.75, 3.05) is 5.75 Å². The van der Waals surface area contributed by atoms with Gasteiger partial charge in [-0.25, -0.2) is 0 Å². The molecule has 0 aromatic heterocycles. The van der Waals surface area contributed by atoms with Gasteiger partial charge < -0.3 is 0 Å². The van der Waals surface area contributed by atoms with Crippen molar-refractivity contribution in [2.24, 2.45) is 5.84 Å². The smallest absolute Gasteiger partial charge is 0.0338 e. The highest BCUT2D eigenvalue weighted by molar-refractivity contribution is 8.00. The fourth-order valence-electron chi connectivity index (χ4n) is 1.81. The summed E-state index contributed by atoms with van der Waals surface area (Å²) in [6.45, 7) is 1.89. The Bertz CT molecular complexity index is 201. The fraction of sp³-hybridized carbons (Fsp3) is 0.818. The summed E-state index contributed by atoms with van der Waals surface area (Å²) in [4.78, 5) is 0. The van der Waals surface area contributed by atoms with Gasteiger partial charge in [0.25, 0.3) is 0 Å². The lowest BCUT2D eigenvalue weighted by molar-refractivity contribution is 0.453. The zero-order valence-electron chi connectivity index (χ0n) is 8.88. The van der Waals surface area contributed by atoms with Crippen LogP contribution in [0.5, 0.6) is 0 Å². The largest absolute Gasteiger partial charge is 0.271 e. The van der Waals surface area contributed by atoms with Crippen LogP contribution in [0.15, 0.2) is 0 Å². The highest BCUT2D eigenvalue weighted by Gasteiger charge is 2.22. The SMILES string of the molecule is CC#CCCC(NN)C1CCCCS1. The molecule has 1 heterocycles. The van der Waals surface area contributed by atoms with E-state index in [-0.39, 0.29) is 0 Å². The first-order chi connectivity index (χ1) is 6.88. The highest BCUT2D eigenvalue weighted by atomic mass is 32.2. The van der Waals surface area contributed by atoms with Gasteiger partial charge in [0, 0.05) is 17.7 Å². The molecule has 0 amide bonds. The predicted molar refractivity (Wildman–Crippen MR) is 63.9 cm³/mol. The predicted octanol–water partition coefficient (Wildman–Crippen LogP) is 1.91. The molecule has 0 bridgehead atoms. The van der Waals surface area contributed by atoms with E-state index >= 15 is 0 Å². The summed E-state index contributed by atoms with van der Waals surface area (Å²) in [7, 11) is 0. The van der Waals surface area contributed by atoms with Crippen LogP contribution in [-0.2, 0) is 0 Å². The van der Waals surface area contributed by atoms with E-state index in [2.05, 4.69) is 29.0 Å². The Kier molecular flexibility index (Phi) is 6.09. The standard InChI is InChI=1S/C11H20N2S/c1-2-3-4-7-10(13-12)11-8-5-6-9-14-11/h10-11,13H,4-9,12H2,1H3. The van der Waals surface area contributed by atoms with Crippen LogP contribution in [0.1, 0.15) is 39.0 Å². The van der Waals surface area contributed by atoms with Crippen molar-refractivity contribution >= 4 is 11.8 Å². The van der Waals surface area contributed by atoms with Crippen LogP contribution in [0, 0.1) is 11.8 Å². The number of thioether (sulfide) groups is 1. The van der Waals surface area contributed by atoms with Crippen LogP contribution in [0.25, 0.3) is 0 Å². The topological polar surface area (TPSA) is 38.0 Å². The minimum Gasteiger partial charge on any atom is -0.271 e. The van der Waals surface area contributed by atoms with Crippen molar-refractivity contribution in [1.29, 1.82) is 0 Å². The van der Waals surface area contributed by atoms with Crippen LogP contribution in [0.2, 0.25) is 0 Å². The second kappa shape index (κ2) is 7.17. The van der Waals surface area contributed by atoms with Gasteiger partial charge in [-0.15, -0.1) is 11.8 Å². The molecule has 0 radical (unpaired) electrons. The van der Waals surface area contributed by atoms with Gasteiger partial charge in [0.05, 0.1) is 0 Å². The first kappa shape index (κ1) is 11.9. The minimum atomic E-state index is 0.446. The molecular weight excluding hydrogens is 192 g/mol. The van der Waals surface area contributed by atoms with Crippen LogP contribution >= 0.6 is 11.8 Å². The normalized spacial score (nSPS) is 23.7. The Balaban J connectivity index is 2.30. The summed E-state index contributed by atoms with van der Waals surface area (Å²) >= 11 is 2.06. The zero-order valence-corrected chi connectivity index (χ0v) is 9.70. The van der Waals surface area contributed by atoms with Gasteiger partial charge in [-0.3, -0.25) is 11.3 Å². The van der Waals surface area contributed by atoms with Crippen molar-refractivity contribution in [2.45, 2.75) is 50.3 Å². The van der Waals surface area contributed by atoms with E-state index in [0.29, 0.717) is 11.3 Å². The summed E-state index contributed by atoms with van der Waals surface area (Å²) in [6, 6.07) is 0.446. The summed E-state index contributed by atoms with van der Waals surface area (Å²) in [6.07, 6.45) is 6.07. The average Bonchev–Trinajstić information content (AvgIpc) is 2.26. The third kappa shape index (κ3) is 3.91. The zero-order chi connectivity index (χ0) is 10.2. The Labute approximate surface area is 91.4 Å². The second-order valence-electron chi connectivity index (χ2n) is 3.64. The second-order valence-corrected chi connectivity index (χ2v) is 4.99. The van der Waals surface area contributed by atoms with Gasteiger partial charge in [-0.2, -0.15) is 11.8 Å². The first-order valence-corrected chi connectivity index (χ1v) is 6.40. The maximum absolute atomic E-state index is 5.57. The number of hydrogen-bond donors (Lipinski definition) is 2. The summed E-state index contributed by atoms with van der Waals surface area (Å²) < 4.78 is 0. The molecule has 2 atom stereocenters. The first-order valence-electron chi connectivity index (χ1n) is 5.36. The maximum Gasteiger partial charge on any atom is 0.0338 e. The van der Waals surface area contributed by atoms with Gasteiger partial charge in [-0.05, 0) is 31.9 Å². The van der Waals surface area contributed by atoms with Crippen LogP contribution < -0.4 is 11.3 Å². The van der Waals surface area contributed by atoms with Crippen molar-refractivity contribution in [3.63, 3.8) is 0 Å². The van der Waals surface area contributed by atoms with Crippen molar-refractivity contribution in [1.82, 2.24) is 5.43 Å². The Hall–Kier alpha value is -0.170.